The number of nitrogen functional groups attached to an aromatic ring is 1. The molecule has 2 aromatic rings. The molecule has 7 heteroatoms. The van der Waals surface area contributed by atoms with E-state index in [4.69, 9.17) is 5.73 Å². The Morgan fingerprint density at radius 3 is 2.63 bits per heavy atom. The molecule has 2 aromatic heterocycles. The largest absolute Gasteiger partial charge is 0.370 e. The summed E-state index contributed by atoms with van der Waals surface area (Å²) in [6.07, 6.45) is 2.66. The molecule has 0 aliphatic heterocycles. The summed E-state index contributed by atoms with van der Waals surface area (Å²) in [6.45, 7) is 3.57. The summed E-state index contributed by atoms with van der Waals surface area (Å²) < 4.78 is 1.86. The van der Waals surface area contributed by atoms with Gasteiger partial charge in [-0.1, -0.05) is 0 Å². The summed E-state index contributed by atoms with van der Waals surface area (Å²) >= 11 is 0. The van der Waals surface area contributed by atoms with Gasteiger partial charge in [0.15, 0.2) is 0 Å². The molecule has 0 saturated carbocycles. The SMILES string of the molecule is CCNc1cc(NCCc2ccnn2C)nc(N)n1. The van der Waals surface area contributed by atoms with Gasteiger partial charge in [-0.2, -0.15) is 15.1 Å². The quantitative estimate of drug-likeness (QED) is 0.714. The maximum atomic E-state index is 5.66. The van der Waals surface area contributed by atoms with Crippen molar-refractivity contribution in [1.82, 2.24) is 19.7 Å². The lowest BCUT2D eigenvalue weighted by atomic mass is 10.3. The minimum atomic E-state index is 0.265. The van der Waals surface area contributed by atoms with Crippen molar-refractivity contribution < 1.29 is 0 Å². The van der Waals surface area contributed by atoms with Gasteiger partial charge in [0.2, 0.25) is 5.95 Å². The van der Waals surface area contributed by atoms with Crippen LogP contribution in [0.2, 0.25) is 0 Å². The maximum Gasteiger partial charge on any atom is 0.223 e. The average Bonchev–Trinajstić information content (AvgIpc) is 2.75. The van der Waals surface area contributed by atoms with Crippen molar-refractivity contribution in [3.63, 3.8) is 0 Å². The van der Waals surface area contributed by atoms with Crippen molar-refractivity contribution in [1.29, 1.82) is 0 Å². The average molecular weight is 261 g/mol. The molecule has 7 nitrogen and oxygen atoms in total. The molecule has 19 heavy (non-hydrogen) atoms. The van der Waals surface area contributed by atoms with Crippen molar-refractivity contribution in [3.05, 3.63) is 24.0 Å². The number of aryl methyl sites for hydroxylation is 1. The number of anilines is 3. The first-order valence-corrected chi connectivity index (χ1v) is 6.28. The number of nitrogens with two attached hydrogens (primary N) is 1. The van der Waals surface area contributed by atoms with Crippen molar-refractivity contribution in [2.24, 2.45) is 7.05 Å². The van der Waals surface area contributed by atoms with E-state index >= 15 is 0 Å². The van der Waals surface area contributed by atoms with Gasteiger partial charge in [-0.05, 0) is 13.0 Å². The highest BCUT2D eigenvalue weighted by Crippen LogP contribution is 2.12. The van der Waals surface area contributed by atoms with Crippen molar-refractivity contribution in [2.75, 3.05) is 29.5 Å². The summed E-state index contributed by atoms with van der Waals surface area (Å²) in [5.74, 6) is 1.73. The van der Waals surface area contributed by atoms with Crippen molar-refractivity contribution in [3.8, 4) is 0 Å². The van der Waals surface area contributed by atoms with Crippen LogP contribution in [0.25, 0.3) is 0 Å². The minimum Gasteiger partial charge on any atom is -0.370 e. The van der Waals surface area contributed by atoms with Gasteiger partial charge >= 0.3 is 0 Å². The summed E-state index contributed by atoms with van der Waals surface area (Å²) in [6, 6.07) is 3.85. The molecule has 0 fully saturated rings. The zero-order valence-electron chi connectivity index (χ0n) is 11.2. The highest BCUT2D eigenvalue weighted by molar-refractivity contribution is 5.50. The van der Waals surface area contributed by atoms with E-state index in [0.717, 1.165) is 31.1 Å². The van der Waals surface area contributed by atoms with Gasteiger partial charge in [0.25, 0.3) is 0 Å². The molecule has 0 radical (unpaired) electrons. The highest BCUT2D eigenvalue weighted by atomic mass is 15.3. The fourth-order valence-electron chi connectivity index (χ4n) is 1.79. The smallest absolute Gasteiger partial charge is 0.223 e. The van der Waals surface area contributed by atoms with E-state index in [-0.39, 0.29) is 5.95 Å². The molecule has 0 saturated heterocycles. The van der Waals surface area contributed by atoms with Crippen molar-refractivity contribution >= 4 is 17.6 Å². The summed E-state index contributed by atoms with van der Waals surface area (Å²) in [5.41, 5.74) is 6.83. The fourth-order valence-corrected chi connectivity index (χ4v) is 1.79. The third-order valence-corrected chi connectivity index (χ3v) is 2.71. The molecule has 0 atom stereocenters. The van der Waals surface area contributed by atoms with Gasteiger partial charge in [-0.25, -0.2) is 0 Å². The first-order chi connectivity index (χ1) is 9.19. The zero-order chi connectivity index (χ0) is 13.7. The predicted octanol–water partition coefficient (Wildman–Crippen LogP) is 0.879. The second-order valence-electron chi connectivity index (χ2n) is 4.15. The Balaban J connectivity index is 1.94. The van der Waals surface area contributed by atoms with Crippen LogP contribution in [0, 0.1) is 0 Å². The van der Waals surface area contributed by atoms with Crippen LogP contribution < -0.4 is 16.4 Å². The van der Waals surface area contributed by atoms with Crippen molar-refractivity contribution in [2.45, 2.75) is 13.3 Å². The number of aromatic nitrogens is 4. The molecule has 0 bridgehead atoms. The van der Waals surface area contributed by atoms with Crippen LogP contribution >= 0.6 is 0 Å². The van der Waals surface area contributed by atoms with E-state index < -0.39 is 0 Å². The number of hydrogen-bond acceptors (Lipinski definition) is 6. The van der Waals surface area contributed by atoms with Gasteiger partial charge in [0, 0.05) is 44.5 Å². The summed E-state index contributed by atoms with van der Waals surface area (Å²) in [7, 11) is 1.93. The first kappa shape index (κ1) is 13.1. The molecular formula is C12H19N7. The van der Waals surface area contributed by atoms with Gasteiger partial charge in [-0.15, -0.1) is 0 Å². The maximum absolute atomic E-state index is 5.66. The third kappa shape index (κ3) is 3.57. The summed E-state index contributed by atoms with van der Waals surface area (Å²) in [4.78, 5) is 8.25. The Kier molecular flexibility index (Phi) is 4.17. The van der Waals surface area contributed by atoms with Crippen LogP contribution in [-0.2, 0) is 13.5 Å². The standard InChI is InChI=1S/C12H19N7/c1-3-14-10-8-11(18-12(13)17-10)15-6-4-9-5-7-16-19(9)2/h5,7-8H,3-4,6H2,1-2H3,(H4,13,14,15,17,18). The Morgan fingerprint density at radius 1 is 1.26 bits per heavy atom. The Labute approximate surface area is 112 Å². The van der Waals surface area contributed by atoms with E-state index in [1.807, 2.05) is 30.8 Å². The monoisotopic (exact) mass is 261 g/mol. The second-order valence-corrected chi connectivity index (χ2v) is 4.15. The van der Waals surface area contributed by atoms with Crippen LogP contribution in [0.1, 0.15) is 12.6 Å². The third-order valence-electron chi connectivity index (χ3n) is 2.71. The molecule has 2 rings (SSSR count). The Morgan fingerprint density at radius 2 is 2.00 bits per heavy atom. The number of nitrogens with one attached hydrogen (secondary N) is 2. The molecule has 102 valence electrons. The van der Waals surface area contributed by atoms with Crippen LogP contribution in [0.15, 0.2) is 18.3 Å². The summed E-state index contributed by atoms with van der Waals surface area (Å²) in [5, 5.41) is 10.5. The zero-order valence-corrected chi connectivity index (χ0v) is 11.2. The predicted molar refractivity (Wildman–Crippen MR) is 76.0 cm³/mol. The van der Waals surface area contributed by atoms with E-state index in [1.54, 1.807) is 6.20 Å². The highest BCUT2D eigenvalue weighted by Gasteiger charge is 2.02. The van der Waals surface area contributed by atoms with E-state index in [1.165, 1.54) is 5.69 Å². The molecule has 0 amide bonds. The van der Waals surface area contributed by atoms with Gasteiger partial charge < -0.3 is 16.4 Å². The van der Waals surface area contributed by atoms with E-state index in [0.29, 0.717) is 0 Å². The van der Waals surface area contributed by atoms with Crippen LogP contribution in [0.3, 0.4) is 0 Å². The van der Waals surface area contributed by atoms with Gasteiger partial charge in [-0.3, -0.25) is 4.68 Å². The first-order valence-electron chi connectivity index (χ1n) is 6.28. The number of rotatable bonds is 6. The molecule has 0 aromatic carbocycles. The van der Waals surface area contributed by atoms with Gasteiger partial charge in [0.1, 0.15) is 11.6 Å². The van der Waals surface area contributed by atoms with Crippen LogP contribution in [0.4, 0.5) is 17.6 Å². The Bertz CT molecular complexity index is 535. The molecule has 0 aliphatic rings. The minimum absolute atomic E-state index is 0.265. The number of hydrogen-bond donors (Lipinski definition) is 3. The lowest BCUT2D eigenvalue weighted by Crippen LogP contribution is -2.11. The molecular weight excluding hydrogens is 242 g/mol. The molecule has 0 aliphatic carbocycles. The Hall–Kier alpha value is -2.31. The lowest BCUT2D eigenvalue weighted by molar-refractivity contribution is 0.711. The van der Waals surface area contributed by atoms with E-state index in [9.17, 15) is 0 Å². The normalized spacial score (nSPS) is 10.4. The van der Waals surface area contributed by atoms with Crippen LogP contribution in [0.5, 0.6) is 0 Å². The second kappa shape index (κ2) is 6.03. The molecule has 2 heterocycles. The topological polar surface area (TPSA) is 93.7 Å². The van der Waals surface area contributed by atoms with Crippen LogP contribution in [-0.4, -0.2) is 32.8 Å². The molecule has 0 unspecified atom stereocenters. The lowest BCUT2D eigenvalue weighted by Gasteiger charge is -2.09. The number of nitrogens with zero attached hydrogens (tertiary/aromatic N) is 4. The van der Waals surface area contributed by atoms with Gasteiger partial charge in [0.05, 0.1) is 0 Å². The van der Waals surface area contributed by atoms with E-state index in [2.05, 4.69) is 25.7 Å². The molecule has 4 N–H and O–H groups in total. The molecule has 0 spiro atoms. The fraction of sp³-hybridized carbons (Fsp3) is 0.417.